The van der Waals surface area contributed by atoms with E-state index < -0.39 is 0 Å². The van der Waals surface area contributed by atoms with Crippen molar-refractivity contribution in [3.05, 3.63) is 0 Å². The minimum atomic E-state index is -0.281. The number of urea groups is 1. The highest BCUT2D eigenvalue weighted by atomic mass is 16.2. The van der Waals surface area contributed by atoms with Crippen molar-refractivity contribution in [2.75, 3.05) is 13.1 Å². The van der Waals surface area contributed by atoms with Crippen LogP contribution in [-0.2, 0) is 0 Å². The molecule has 100 valence electrons. The molecule has 0 bridgehead atoms. The van der Waals surface area contributed by atoms with Crippen molar-refractivity contribution in [3.63, 3.8) is 0 Å². The normalized spacial score (nSPS) is 21.2. The standard InChI is InChI=1S/C13H27N3O/c1-4-10(2)9-11(3)15-12-5-7-16(8-6-12)13(14)17/h10-12,15H,4-9H2,1-3H3,(H2,14,17). The van der Waals surface area contributed by atoms with E-state index in [-0.39, 0.29) is 6.03 Å². The lowest BCUT2D eigenvalue weighted by Crippen LogP contribution is -2.48. The number of hydrogen-bond donors (Lipinski definition) is 2. The van der Waals surface area contributed by atoms with Crippen LogP contribution in [0.5, 0.6) is 0 Å². The number of nitrogens with one attached hydrogen (secondary N) is 1. The average molecular weight is 241 g/mol. The van der Waals surface area contributed by atoms with E-state index in [0.29, 0.717) is 12.1 Å². The van der Waals surface area contributed by atoms with Crippen LogP contribution in [0.3, 0.4) is 0 Å². The fraction of sp³-hybridized carbons (Fsp3) is 0.923. The van der Waals surface area contributed by atoms with Gasteiger partial charge in [0, 0.05) is 25.2 Å². The van der Waals surface area contributed by atoms with E-state index >= 15 is 0 Å². The topological polar surface area (TPSA) is 58.4 Å². The molecule has 0 saturated carbocycles. The van der Waals surface area contributed by atoms with Crippen LogP contribution in [0, 0.1) is 5.92 Å². The molecular weight excluding hydrogens is 214 g/mol. The summed E-state index contributed by atoms with van der Waals surface area (Å²) >= 11 is 0. The van der Waals surface area contributed by atoms with Crippen LogP contribution in [0.1, 0.15) is 46.5 Å². The maximum Gasteiger partial charge on any atom is 0.314 e. The second-order valence-electron chi connectivity index (χ2n) is 5.42. The summed E-state index contributed by atoms with van der Waals surface area (Å²) < 4.78 is 0. The molecule has 0 aliphatic carbocycles. The molecule has 4 heteroatoms. The Morgan fingerprint density at radius 1 is 1.41 bits per heavy atom. The van der Waals surface area contributed by atoms with Gasteiger partial charge in [0.15, 0.2) is 0 Å². The van der Waals surface area contributed by atoms with Crippen molar-refractivity contribution in [2.24, 2.45) is 11.7 Å². The fourth-order valence-corrected chi connectivity index (χ4v) is 2.51. The number of primary amides is 1. The quantitative estimate of drug-likeness (QED) is 0.773. The minimum Gasteiger partial charge on any atom is -0.351 e. The van der Waals surface area contributed by atoms with E-state index in [1.807, 2.05) is 0 Å². The van der Waals surface area contributed by atoms with Gasteiger partial charge in [-0.05, 0) is 32.1 Å². The van der Waals surface area contributed by atoms with Gasteiger partial charge in [-0.15, -0.1) is 0 Å². The highest BCUT2D eigenvalue weighted by molar-refractivity contribution is 5.72. The lowest BCUT2D eigenvalue weighted by Gasteiger charge is -2.33. The molecule has 0 aromatic heterocycles. The smallest absolute Gasteiger partial charge is 0.314 e. The summed E-state index contributed by atoms with van der Waals surface area (Å²) in [5.74, 6) is 0.781. The molecular formula is C13H27N3O. The molecule has 1 heterocycles. The maximum atomic E-state index is 11.0. The number of hydrogen-bond acceptors (Lipinski definition) is 2. The highest BCUT2D eigenvalue weighted by Crippen LogP contribution is 2.14. The van der Waals surface area contributed by atoms with E-state index in [1.54, 1.807) is 4.90 Å². The molecule has 0 spiro atoms. The van der Waals surface area contributed by atoms with Gasteiger partial charge in [0.25, 0.3) is 0 Å². The van der Waals surface area contributed by atoms with Crippen molar-refractivity contribution in [1.82, 2.24) is 10.2 Å². The van der Waals surface area contributed by atoms with Gasteiger partial charge in [0.05, 0.1) is 0 Å². The lowest BCUT2D eigenvalue weighted by molar-refractivity contribution is 0.181. The number of nitrogens with zero attached hydrogens (tertiary/aromatic N) is 1. The molecule has 4 nitrogen and oxygen atoms in total. The van der Waals surface area contributed by atoms with E-state index in [4.69, 9.17) is 5.73 Å². The Labute approximate surface area is 105 Å². The molecule has 1 saturated heterocycles. The lowest BCUT2D eigenvalue weighted by atomic mass is 9.98. The van der Waals surface area contributed by atoms with Crippen LogP contribution >= 0.6 is 0 Å². The number of carbonyl (C=O) groups excluding carboxylic acids is 1. The number of carbonyl (C=O) groups is 1. The first-order valence-electron chi connectivity index (χ1n) is 6.83. The molecule has 3 N–H and O–H groups in total. The molecule has 1 rings (SSSR count). The molecule has 0 aromatic carbocycles. The summed E-state index contributed by atoms with van der Waals surface area (Å²) in [5, 5.41) is 3.66. The number of likely N-dealkylation sites (tertiary alicyclic amines) is 1. The van der Waals surface area contributed by atoms with Crippen LogP contribution < -0.4 is 11.1 Å². The largest absolute Gasteiger partial charge is 0.351 e. The summed E-state index contributed by atoms with van der Waals surface area (Å²) in [7, 11) is 0. The predicted molar refractivity (Wildman–Crippen MR) is 70.8 cm³/mol. The van der Waals surface area contributed by atoms with Crippen molar-refractivity contribution < 1.29 is 4.79 Å². The fourth-order valence-electron chi connectivity index (χ4n) is 2.51. The monoisotopic (exact) mass is 241 g/mol. The number of nitrogens with two attached hydrogens (primary N) is 1. The third-order valence-corrected chi connectivity index (χ3v) is 3.78. The summed E-state index contributed by atoms with van der Waals surface area (Å²) in [6, 6.07) is 0.829. The van der Waals surface area contributed by atoms with Crippen LogP contribution in [-0.4, -0.2) is 36.1 Å². The molecule has 1 fully saturated rings. The van der Waals surface area contributed by atoms with Gasteiger partial charge in [-0.1, -0.05) is 20.3 Å². The predicted octanol–water partition coefficient (Wildman–Crippen LogP) is 1.94. The Kier molecular flexibility index (Phi) is 5.75. The van der Waals surface area contributed by atoms with Gasteiger partial charge < -0.3 is 16.0 Å². The minimum absolute atomic E-state index is 0.281. The molecule has 2 unspecified atom stereocenters. The number of amides is 2. The molecule has 17 heavy (non-hydrogen) atoms. The van der Waals surface area contributed by atoms with Gasteiger partial charge >= 0.3 is 6.03 Å². The van der Waals surface area contributed by atoms with Gasteiger partial charge in [0.1, 0.15) is 0 Å². The third kappa shape index (κ3) is 4.94. The van der Waals surface area contributed by atoms with Crippen molar-refractivity contribution in [3.8, 4) is 0 Å². The van der Waals surface area contributed by atoms with E-state index in [0.717, 1.165) is 31.8 Å². The maximum absolute atomic E-state index is 11.0. The Hall–Kier alpha value is -0.770. The van der Waals surface area contributed by atoms with Crippen molar-refractivity contribution in [2.45, 2.75) is 58.5 Å². The number of piperidine rings is 1. The van der Waals surface area contributed by atoms with Gasteiger partial charge in [-0.3, -0.25) is 0 Å². The first-order chi connectivity index (χ1) is 8.02. The van der Waals surface area contributed by atoms with Gasteiger partial charge in [0.2, 0.25) is 0 Å². The molecule has 2 amide bonds. The SMILES string of the molecule is CCC(C)CC(C)NC1CCN(C(N)=O)CC1. The number of rotatable bonds is 5. The zero-order valence-corrected chi connectivity index (χ0v) is 11.4. The zero-order valence-electron chi connectivity index (χ0n) is 11.4. The average Bonchev–Trinajstić information content (AvgIpc) is 2.29. The van der Waals surface area contributed by atoms with Gasteiger partial charge in [-0.25, -0.2) is 4.79 Å². The van der Waals surface area contributed by atoms with E-state index in [2.05, 4.69) is 26.1 Å². The first-order valence-corrected chi connectivity index (χ1v) is 6.83. The molecule has 1 aliphatic heterocycles. The Balaban J connectivity index is 2.23. The van der Waals surface area contributed by atoms with E-state index in [9.17, 15) is 4.79 Å². The molecule has 1 aliphatic rings. The molecule has 2 atom stereocenters. The van der Waals surface area contributed by atoms with Crippen LogP contribution in [0.2, 0.25) is 0 Å². The second-order valence-corrected chi connectivity index (χ2v) is 5.42. The summed E-state index contributed by atoms with van der Waals surface area (Å²) in [6.07, 6.45) is 4.51. The van der Waals surface area contributed by atoms with Crippen LogP contribution in [0.4, 0.5) is 4.79 Å². The second kappa shape index (κ2) is 6.84. The molecule has 0 radical (unpaired) electrons. The van der Waals surface area contributed by atoms with Gasteiger partial charge in [-0.2, -0.15) is 0 Å². The molecule has 0 aromatic rings. The Morgan fingerprint density at radius 2 is 2.00 bits per heavy atom. The third-order valence-electron chi connectivity index (χ3n) is 3.78. The summed E-state index contributed by atoms with van der Waals surface area (Å²) in [4.78, 5) is 12.7. The zero-order chi connectivity index (χ0) is 12.8. The highest BCUT2D eigenvalue weighted by Gasteiger charge is 2.22. The van der Waals surface area contributed by atoms with Crippen molar-refractivity contribution >= 4 is 6.03 Å². The van der Waals surface area contributed by atoms with Crippen molar-refractivity contribution in [1.29, 1.82) is 0 Å². The summed E-state index contributed by atoms with van der Waals surface area (Å²) in [6.45, 7) is 8.38. The van der Waals surface area contributed by atoms with E-state index in [1.165, 1.54) is 12.8 Å². The van der Waals surface area contributed by atoms with Crippen LogP contribution in [0.25, 0.3) is 0 Å². The Morgan fingerprint density at radius 3 is 2.47 bits per heavy atom. The Bertz CT molecular complexity index is 237. The van der Waals surface area contributed by atoms with Crippen LogP contribution in [0.15, 0.2) is 0 Å². The summed E-state index contributed by atoms with van der Waals surface area (Å²) in [5.41, 5.74) is 5.26. The first kappa shape index (κ1) is 14.3.